The van der Waals surface area contributed by atoms with Gasteiger partial charge in [0.05, 0.1) is 6.26 Å². The zero-order valence-corrected chi connectivity index (χ0v) is 14.5. The molecule has 1 aromatic rings. The number of likely N-dealkylation sites (tertiary alicyclic amines) is 1. The van der Waals surface area contributed by atoms with Gasteiger partial charge in [0.25, 0.3) is 5.91 Å². The molecule has 7 heteroatoms. The molecule has 2 fully saturated rings. The predicted molar refractivity (Wildman–Crippen MR) is 90.9 cm³/mol. The first kappa shape index (κ1) is 17.5. The number of piperazine rings is 1. The summed E-state index contributed by atoms with van der Waals surface area (Å²) >= 11 is 0. The molecule has 0 aromatic carbocycles. The fourth-order valence-electron chi connectivity index (χ4n) is 3.39. The van der Waals surface area contributed by atoms with E-state index in [9.17, 15) is 14.4 Å². The van der Waals surface area contributed by atoms with Gasteiger partial charge in [0.1, 0.15) is 6.42 Å². The average molecular weight is 347 g/mol. The fraction of sp³-hybridized carbons (Fsp3) is 0.611. The van der Waals surface area contributed by atoms with E-state index in [0.717, 1.165) is 38.8 Å². The Kier molecular flexibility index (Phi) is 5.73. The molecule has 1 aromatic heterocycles. The molecule has 0 unspecified atom stereocenters. The summed E-state index contributed by atoms with van der Waals surface area (Å²) in [7, 11) is 0. The Bertz CT molecular complexity index is 598. The molecule has 7 nitrogen and oxygen atoms in total. The van der Waals surface area contributed by atoms with E-state index in [2.05, 4.69) is 0 Å². The summed E-state index contributed by atoms with van der Waals surface area (Å²) in [6.45, 7) is 3.36. The van der Waals surface area contributed by atoms with E-state index in [1.807, 2.05) is 4.90 Å². The summed E-state index contributed by atoms with van der Waals surface area (Å²) in [5, 5.41) is 0. The van der Waals surface area contributed by atoms with Gasteiger partial charge in [0.2, 0.25) is 11.8 Å². The third-order valence-electron chi connectivity index (χ3n) is 4.91. The first-order valence-corrected chi connectivity index (χ1v) is 9.03. The Labute approximate surface area is 147 Å². The molecule has 0 saturated carbocycles. The monoisotopic (exact) mass is 347 g/mol. The Balaban J connectivity index is 1.46. The number of carbonyl (C=O) groups is 3. The summed E-state index contributed by atoms with van der Waals surface area (Å²) in [6, 6.07) is 3.32. The zero-order valence-electron chi connectivity index (χ0n) is 14.5. The van der Waals surface area contributed by atoms with E-state index in [1.54, 1.807) is 21.9 Å². The number of hydrogen-bond acceptors (Lipinski definition) is 4. The lowest BCUT2D eigenvalue weighted by Gasteiger charge is -2.34. The Morgan fingerprint density at radius 3 is 1.92 bits per heavy atom. The van der Waals surface area contributed by atoms with Gasteiger partial charge in [-0.25, -0.2) is 0 Å². The number of hydrogen-bond donors (Lipinski definition) is 0. The van der Waals surface area contributed by atoms with Crippen LogP contribution in [0.3, 0.4) is 0 Å². The molecule has 3 rings (SSSR count). The quantitative estimate of drug-likeness (QED) is 0.774. The van der Waals surface area contributed by atoms with Crippen LogP contribution in [0.1, 0.15) is 42.7 Å². The molecule has 0 bridgehead atoms. The van der Waals surface area contributed by atoms with Crippen LogP contribution in [0.25, 0.3) is 0 Å². The van der Waals surface area contributed by atoms with E-state index < -0.39 is 0 Å². The third kappa shape index (κ3) is 4.41. The number of amides is 3. The van der Waals surface area contributed by atoms with Gasteiger partial charge in [-0.1, -0.05) is 12.8 Å². The van der Waals surface area contributed by atoms with E-state index in [-0.39, 0.29) is 24.1 Å². The van der Waals surface area contributed by atoms with Crippen molar-refractivity contribution in [1.29, 1.82) is 0 Å². The molecule has 0 radical (unpaired) electrons. The van der Waals surface area contributed by atoms with Crippen LogP contribution in [0.15, 0.2) is 22.8 Å². The lowest BCUT2D eigenvalue weighted by Crippen LogP contribution is -2.51. The maximum absolute atomic E-state index is 12.4. The molecular weight excluding hydrogens is 322 g/mol. The second kappa shape index (κ2) is 8.18. The molecule has 2 saturated heterocycles. The first-order valence-electron chi connectivity index (χ1n) is 9.03. The second-order valence-corrected chi connectivity index (χ2v) is 6.62. The lowest BCUT2D eigenvalue weighted by molar-refractivity contribution is -0.141. The minimum absolute atomic E-state index is 0.0634. The van der Waals surface area contributed by atoms with Crippen LogP contribution in [-0.4, -0.2) is 71.7 Å². The van der Waals surface area contributed by atoms with E-state index in [1.165, 1.54) is 6.26 Å². The molecule has 0 N–H and O–H groups in total. The van der Waals surface area contributed by atoms with Gasteiger partial charge in [-0.15, -0.1) is 0 Å². The van der Waals surface area contributed by atoms with Gasteiger partial charge >= 0.3 is 0 Å². The van der Waals surface area contributed by atoms with Crippen molar-refractivity contribution in [2.24, 2.45) is 0 Å². The van der Waals surface area contributed by atoms with Crippen molar-refractivity contribution in [3.63, 3.8) is 0 Å². The van der Waals surface area contributed by atoms with E-state index >= 15 is 0 Å². The van der Waals surface area contributed by atoms with Gasteiger partial charge in [-0.3, -0.25) is 14.4 Å². The Hall–Kier alpha value is -2.31. The van der Waals surface area contributed by atoms with Crippen molar-refractivity contribution in [2.75, 3.05) is 39.3 Å². The Morgan fingerprint density at radius 2 is 1.36 bits per heavy atom. The van der Waals surface area contributed by atoms with Crippen LogP contribution in [0.4, 0.5) is 0 Å². The highest BCUT2D eigenvalue weighted by Gasteiger charge is 2.28. The van der Waals surface area contributed by atoms with Crippen molar-refractivity contribution in [2.45, 2.75) is 32.1 Å². The zero-order chi connectivity index (χ0) is 17.6. The normalized spacial score (nSPS) is 18.8. The van der Waals surface area contributed by atoms with Crippen molar-refractivity contribution in [1.82, 2.24) is 14.7 Å². The minimum atomic E-state index is -0.155. The summed E-state index contributed by atoms with van der Waals surface area (Å²) in [5.41, 5.74) is 0. The van der Waals surface area contributed by atoms with Crippen LogP contribution in [-0.2, 0) is 9.59 Å². The van der Waals surface area contributed by atoms with Crippen molar-refractivity contribution >= 4 is 17.7 Å². The molecule has 3 heterocycles. The Morgan fingerprint density at radius 1 is 0.800 bits per heavy atom. The molecule has 136 valence electrons. The van der Waals surface area contributed by atoms with Crippen LogP contribution < -0.4 is 0 Å². The van der Waals surface area contributed by atoms with Crippen molar-refractivity contribution in [3.8, 4) is 0 Å². The highest BCUT2D eigenvalue weighted by molar-refractivity contribution is 5.97. The van der Waals surface area contributed by atoms with Crippen LogP contribution in [0.5, 0.6) is 0 Å². The first-order chi connectivity index (χ1) is 12.1. The third-order valence-corrected chi connectivity index (χ3v) is 4.91. The largest absolute Gasteiger partial charge is 0.459 e. The van der Waals surface area contributed by atoms with Gasteiger partial charge in [0.15, 0.2) is 5.76 Å². The van der Waals surface area contributed by atoms with E-state index in [4.69, 9.17) is 4.42 Å². The van der Waals surface area contributed by atoms with Crippen LogP contribution >= 0.6 is 0 Å². The molecule has 0 spiro atoms. The molecule has 0 atom stereocenters. The highest BCUT2D eigenvalue weighted by atomic mass is 16.3. The molecule has 3 amide bonds. The molecule has 0 aliphatic carbocycles. The number of furan rings is 1. The van der Waals surface area contributed by atoms with Crippen molar-refractivity contribution < 1.29 is 18.8 Å². The summed E-state index contributed by atoms with van der Waals surface area (Å²) < 4.78 is 5.13. The number of nitrogens with zero attached hydrogens (tertiary/aromatic N) is 3. The summed E-state index contributed by atoms with van der Waals surface area (Å²) in [5.74, 6) is -0.0470. The molecule has 2 aliphatic rings. The maximum Gasteiger partial charge on any atom is 0.289 e. The highest BCUT2D eigenvalue weighted by Crippen LogP contribution is 2.13. The van der Waals surface area contributed by atoms with Crippen LogP contribution in [0, 0.1) is 0 Å². The smallest absolute Gasteiger partial charge is 0.289 e. The number of carbonyl (C=O) groups excluding carboxylic acids is 3. The molecule has 25 heavy (non-hydrogen) atoms. The van der Waals surface area contributed by atoms with Gasteiger partial charge in [-0.05, 0) is 25.0 Å². The second-order valence-electron chi connectivity index (χ2n) is 6.62. The SMILES string of the molecule is O=C(CC(=O)N1CCN(C(=O)c2ccco2)CC1)N1CCCCCC1. The average Bonchev–Trinajstić information content (AvgIpc) is 3.03. The molecular formula is C18H25N3O4. The van der Waals surface area contributed by atoms with Gasteiger partial charge < -0.3 is 19.1 Å². The number of rotatable bonds is 3. The van der Waals surface area contributed by atoms with E-state index in [0.29, 0.717) is 31.9 Å². The van der Waals surface area contributed by atoms with Crippen molar-refractivity contribution in [3.05, 3.63) is 24.2 Å². The predicted octanol–water partition coefficient (Wildman–Crippen LogP) is 1.36. The topological polar surface area (TPSA) is 74.1 Å². The van der Waals surface area contributed by atoms with Gasteiger partial charge in [-0.2, -0.15) is 0 Å². The lowest BCUT2D eigenvalue weighted by atomic mass is 10.2. The van der Waals surface area contributed by atoms with Gasteiger partial charge in [0, 0.05) is 39.3 Å². The minimum Gasteiger partial charge on any atom is -0.459 e. The molecule has 2 aliphatic heterocycles. The summed E-state index contributed by atoms with van der Waals surface area (Å²) in [4.78, 5) is 42.1. The van der Waals surface area contributed by atoms with Crippen LogP contribution in [0.2, 0.25) is 0 Å². The fourth-order valence-corrected chi connectivity index (χ4v) is 3.39. The maximum atomic E-state index is 12.4. The standard InChI is InChI=1S/C18H25N3O4/c22-16(19-7-3-1-2-4-8-19)14-17(23)20-9-11-21(12-10-20)18(24)15-6-5-13-25-15/h5-6,13H,1-4,7-12,14H2. The summed E-state index contributed by atoms with van der Waals surface area (Å²) in [6.07, 6.45) is 5.77.